The van der Waals surface area contributed by atoms with Crippen LogP contribution in [0.1, 0.15) is 5.56 Å². The van der Waals surface area contributed by atoms with Gasteiger partial charge in [0.25, 0.3) is 5.69 Å². The molecule has 0 heterocycles. The fraction of sp³-hybridized carbons (Fsp3) is 0.0769. The van der Waals surface area contributed by atoms with Crippen molar-refractivity contribution >= 4 is 11.4 Å². The van der Waals surface area contributed by atoms with Gasteiger partial charge in [0, 0.05) is 17.7 Å². The fourth-order valence-electron chi connectivity index (χ4n) is 1.96. The van der Waals surface area contributed by atoms with E-state index in [2.05, 4.69) is 0 Å². The molecule has 2 aromatic rings. The van der Waals surface area contributed by atoms with Crippen molar-refractivity contribution in [3.05, 3.63) is 62.2 Å². The number of nitro benzene ring substituents is 2. The van der Waals surface area contributed by atoms with E-state index in [0.29, 0.717) is 5.56 Å². The van der Waals surface area contributed by atoms with Crippen molar-refractivity contribution in [1.82, 2.24) is 0 Å². The molecule has 0 bridgehead atoms. The van der Waals surface area contributed by atoms with Gasteiger partial charge in [0.15, 0.2) is 0 Å². The van der Waals surface area contributed by atoms with Gasteiger partial charge in [0.1, 0.15) is 0 Å². The lowest BCUT2D eigenvalue weighted by Gasteiger charge is -2.07. The van der Waals surface area contributed by atoms with Crippen molar-refractivity contribution in [1.29, 1.82) is 0 Å². The van der Waals surface area contributed by atoms with Gasteiger partial charge in [-0.25, -0.2) is 0 Å². The van der Waals surface area contributed by atoms with Crippen LogP contribution in [0.4, 0.5) is 11.4 Å². The summed E-state index contributed by atoms with van der Waals surface area (Å²) in [5.74, 6) is -0.574. The number of benzene rings is 2. The van der Waals surface area contributed by atoms with E-state index < -0.39 is 21.3 Å². The molecule has 1 N–H and O–H groups in total. The van der Waals surface area contributed by atoms with Crippen molar-refractivity contribution in [2.45, 2.75) is 6.92 Å². The van der Waals surface area contributed by atoms with Crippen LogP contribution in [0.5, 0.6) is 5.75 Å². The Morgan fingerprint density at radius 2 is 1.55 bits per heavy atom. The van der Waals surface area contributed by atoms with E-state index in [1.54, 1.807) is 13.0 Å². The summed E-state index contributed by atoms with van der Waals surface area (Å²) >= 11 is 0. The van der Waals surface area contributed by atoms with E-state index >= 15 is 0 Å². The van der Waals surface area contributed by atoms with E-state index in [-0.39, 0.29) is 16.8 Å². The first kappa shape index (κ1) is 13.5. The maximum atomic E-state index is 11.0. The highest BCUT2D eigenvalue weighted by Gasteiger charge is 2.23. The molecule has 2 aromatic carbocycles. The van der Waals surface area contributed by atoms with E-state index in [4.69, 9.17) is 0 Å². The summed E-state index contributed by atoms with van der Waals surface area (Å²) < 4.78 is 0. The van der Waals surface area contributed by atoms with Crippen LogP contribution < -0.4 is 0 Å². The monoisotopic (exact) mass is 274 g/mol. The molecule has 0 aliphatic rings. The zero-order chi connectivity index (χ0) is 14.9. The minimum atomic E-state index is -0.722. The Morgan fingerprint density at radius 3 is 2.15 bits per heavy atom. The number of aromatic hydroxyl groups is 1. The first-order valence-electron chi connectivity index (χ1n) is 5.63. The van der Waals surface area contributed by atoms with Gasteiger partial charge in [-0.05, 0) is 24.6 Å². The number of phenolic OH excluding ortho intramolecular Hbond substituents is 1. The molecule has 0 aliphatic carbocycles. The molecule has 0 atom stereocenters. The molecular formula is C13H10N2O5. The Morgan fingerprint density at radius 1 is 0.950 bits per heavy atom. The summed E-state index contributed by atoms with van der Waals surface area (Å²) in [6.07, 6.45) is 0. The van der Waals surface area contributed by atoms with Crippen LogP contribution in [0.2, 0.25) is 0 Å². The number of hydrogen-bond donors (Lipinski definition) is 1. The topological polar surface area (TPSA) is 107 Å². The average molecular weight is 274 g/mol. The van der Waals surface area contributed by atoms with Crippen LogP contribution in [0, 0.1) is 27.2 Å². The minimum absolute atomic E-state index is 0.0731. The molecule has 0 radical (unpaired) electrons. The summed E-state index contributed by atoms with van der Waals surface area (Å²) in [4.78, 5) is 20.6. The van der Waals surface area contributed by atoms with Gasteiger partial charge in [-0.2, -0.15) is 0 Å². The molecule has 0 saturated heterocycles. The zero-order valence-corrected chi connectivity index (χ0v) is 10.4. The number of nitro groups is 2. The van der Waals surface area contributed by atoms with E-state index in [0.717, 1.165) is 0 Å². The van der Waals surface area contributed by atoms with Crippen molar-refractivity contribution in [2.24, 2.45) is 0 Å². The molecule has 0 aliphatic heterocycles. The second-order valence-corrected chi connectivity index (χ2v) is 4.21. The molecule has 0 spiro atoms. The van der Waals surface area contributed by atoms with E-state index in [9.17, 15) is 25.3 Å². The quantitative estimate of drug-likeness (QED) is 0.683. The van der Waals surface area contributed by atoms with Crippen molar-refractivity contribution in [2.75, 3.05) is 0 Å². The summed E-state index contributed by atoms with van der Waals surface area (Å²) in [7, 11) is 0. The molecule has 0 aromatic heterocycles. The second-order valence-electron chi connectivity index (χ2n) is 4.21. The van der Waals surface area contributed by atoms with Gasteiger partial charge in [-0.3, -0.25) is 20.2 Å². The lowest BCUT2D eigenvalue weighted by Crippen LogP contribution is -1.95. The Balaban J connectivity index is 2.77. The van der Waals surface area contributed by atoms with Gasteiger partial charge in [-0.15, -0.1) is 0 Å². The van der Waals surface area contributed by atoms with Gasteiger partial charge in [0.2, 0.25) is 5.75 Å². The molecular weight excluding hydrogens is 264 g/mol. The molecule has 7 nitrogen and oxygen atoms in total. The Kier molecular flexibility index (Phi) is 3.34. The number of para-hydroxylation sites is 1. The smallest absolute Gasteiger partial charge is 0.311 e. The third-order valence-electron chi connectivity index (χ3n) is 2.82. The summed E-state index contributed by atoms with van der Waals surface area (Å²) in [5.41, 5.74) is 0.0503. The van der Waals surface area contributed by atoms with Crippen LogP contribution in [-0.4, -0.2) is 15.0 Å². The molecule has 2 rings (SSSR count). The third kappa shape index (κ3) is 2.28. The number of phenols is 1. The predicted molar refractivity (Wildman–Crippen MR) is 71.6 cm³/mol. The highest BCUT2D eigenvalue weighted by atomic mass is 16.6. The van der Waals surface area contributed by atoms with Gasteiger partial charge < -0.3 is 5.11 Å². The molecule has 0 unspecified atom stereocenters. The number of aryl methyl sites for hydroxylation is 1. The first-order valence-corrected chi connectivity index (χ1v) is 5.63. The fourth-order valence-corrected chi connectivity index (χ4v) is 1.96. The minimum Gasteiger partial charge on any atom is -0.502 e. The molecule has 7 heteroatoms. The largest absolute Gasteiger partial charge is 0.502 e. The number of rotatable bonds is 3. The molecule has 0 amide bonds. The maximum absolute atomic E-state index is 11.0. The van der Waals surface area contributed by atoms with Crippen LogP contribution in [0.25, 0.3) is 11.1 Å². The van der Waals surface area contributed by atoms with Crippen LogP contribution in [0.15, 0.2) is 36.4 Å². The van der Waals surface area contributed by atoms with Crippen LogP contribution >= 0.6 is 0 Å². The highest BCUT2D eigenvalue weighted by Crippen LogP contribution is 2.41. The Labute approximate surface area is 113 Å². The number of hydrogen-bond acceptors (Lipinski definition) is 5. The summed E-state index contributed by atoms with van der Waals surface area (Å²) in [6, 6.07) is 8.47. The molecule has 102 valence electrons. The average Bonchev–Trinajstić information content (AvgIpc) is 2.40. The maximum Gasteiger partial charge on any atom is 0.311 e. The molecule has 0 saturated carbocycles. The van der Waals surface area contributed by atoms with Crippen LogP contribution in [0.3, 0.4) is 0 Å². The predicted octanol–water partition coefficient (Wildman–Crippen LogP) is 3.18. The second kappa shape index (κ2) is 4.96. The SMILES string of the molecule is Cc1cc(-c2ccccc2[N+](=O)[O-])c(O)c([N+](=O)[O-])c1. The lowest BCUT2D eigenvalue weighted by atomic mass is 9.99. The van der Waals surface area contributed by atoms with Gasteiger partial charge in [-0.1, -0.05) is 12.1 Å². The highest BCUT2D eigenvalue weighted by molar-refractivity contribution is 5.81. The Hall–Kier alpha value is -2.96. The van der Waals surface area contributed by atoms with Gasteiger partial charge in [0.05, 0.1) is 15.4 Å². The van der Waals surface area contributed by atoms with E-state index in [1.165, 1.54) is 30.3 Å². The summed E-state index contributed by atoms with van der Waals surface area (Å²) in [6.45, 7) is 1.62. The zero-order valence-electron chi connectivity index (χ0n) is 10.4. The first-order chi connectivity index (χ1) is 9.41. The summed E-state index contributed by atoms with van der Waals surface area (Å²) in [5, 5.41) is 31.9. The Bertz CT molecular complexity index is 712. The third-order valence-corrected chi connectivity index (χ3v) is 2.82. The molecule has 0 fully saturated rings. The molecule has 20 heavy (non-hydrogen) atoms. The van der Waals surface area contributed by atoms with Gasteiger partial charge >= 0.3 is 5.69 Å². The van der Waals surface area contributed by atoms with Crippen molar-refractivity contribution < 1.29 is 15.0 Å². The van der Waals surface area contributed by atoms with E-state index in [1.807, 2.05) is 0 Å². The number of nitrogens with zero attached hydrogens (tertiary/aromatic N) is 2. The van der Waals surface area contributed by atoms with Crippen molar-refractivity contribution in [3.63, 3.8) is 0 Å². The standard InChI is InChI=1S/C13H10N2O5/c1-8-6-10(13(16)12(7-8)15(19)20)9-4-2-3-5-11(9)14(17)18/h2-7,16H,1H3. The lowest BCUT2D eigenvalue weighted by molar-refractivity contribution is -0.386. The van der Waals surface area contributed by atoms with Crippen LogP contribution in [-0.2, 0) is 0 Å². The normalized spacial score (nSPS) is 10.2. The van der Waals surface area contributed by atoms with Crippen molar-refractivity contribution in [3.8, 4) is 16.9 Å².